The van der Waals surface area contributed by atoms with Crippen LogP contribution in [0.1, 0.15) is 34.0 Å². The van der Waals surface area contributed by atoms with E-state index < -0.39 is 15.9 Å². The van der Waals surface area contributed by atoms with E-state index in [1.54, 1.807) is 55.5 Å². The van der Waals surface area contributed by atoms with E-state index in [0.717, 1.165) is 21.2 Å². The molecule has 0 aliphatic rings. The second-order valence-corrected chi connectivity index (χ2v) is 11.3. The van der Waals surface area contributed by atoms with E-state index in [-0.39, 0.29) is 22.7 Å². The van der Waals surface area contributed by atoms with Gasteiger partial charge >= 0.3 is 0 Å². The number of benzene rings is 4. The molecule has 0 heterocycles. The summed E-state index contributed by atoms with van der Waals surface area (Å²) >= 11 is 3.44. The van der Waals surface area contributed by atoms with Crippen molar-refractivity contribution in [3.8, 4) is 0 Å². The second-order valence-electron chi connectivity index (χ2n) is 8.48. The van der Waals surface area contributed by atoms with Gasteiger partial charge in [-0.3, -0.25) is 9.10 Å². The average molecular weight is 577 g/mol. The third-order valence-corrected chi connectivity index (χ3v) is 8.03. The SMILES string of the molecule is C/C(=N\NC(=O)c1ccccc1N(Cc1ccccc1)S(=O)(=O)c1ccc(C)cc1)c1cccc(Br)c1. The molecule has 4 aromatic rings. The summed E-state index contributed by atoms with van der Waals surface area (Å²) in [5, 5.41) is 4.25. The fraction of sp³-hybridized carbons (Fsp3) is 0.103. The van der Waals surface area contributed by atoms with Gasteiger partial charge < -0.3 is 0 Å². The highest BCUT2D eigenvalue weighted by Crippen LogP contribution is 2.29. The number of hydrazone groups is 1. The zero-order valence-electron chi connectivity index (χ0n) is 20.4. The van der Waals surface area contributed by atoms with Gasteiger partial charge in [-0.25, -0.2) is 13.8 Å². The molecule has 0 radical (unpaired) electrons. The predicted octanol–water partition coefficient (Wildman–Crippen LogP) is 6.31. The number of carbonyl (C=O) groups is 1. The lowest BCUT2D eigenvalue weighted by molar-refractivity contribution is 0.0955. The summed E-state index contributed by atoms with van der Waals surface area (Å²) in [5.41, 5.74) is 6.24. The molecule has 4 aromatic carbocycles. The van der Waals surface area contributed by atoms with Crippen LogP contribution >= 0.6 is 15.9 Å². The fourth-order valence-corrected chi connectivity index (χ4v) is 5.61. The van der Waals surface area contributed by atoms with Gasteiger partial charge in [0, 0.05) is 4.47 Å². The molecule has 0 aliphatic carbocycles. The minimum atomic E-state index is -3.99. The third kappa shape index (κ3) is 6.34. The van der Waals surface area contributed by atoms with Gasteiger partial charge in [0.1, 0.15) is 0 Å². The van der Waals surface area contributed by atoms with E-state index in [9.17, 15) is 13.2 Å². The third-order valence-electron chi connectivity index (χ3n) is 5.76. The minimum Gasteiger partial charge on any atom is -0.267 e. The number of sulfonamides is 1. The van der Waals surface area contributed by atoms with Crippen LogP contribution in [0.4, 0.5) is 5.69 Å². The molecule has 1 N–H and O–H groups in total. The minimum absolute atomic E-state index is 0.0572. The first-order chi connectivity index (χ1) is 17.8. The molecule has 1 amide bonds. The van der Waals surface area contributed by atoms with Crippen molar-refractivity contribution < 1.29 is 13.2 Å². The largest absolute Gasteiger partial charge is 0.273 e. The van der Waals surface area contributed by atoms with Gasteiger partial charge in [-0.05, 0) is 61.4 Å². The summed E-state index contributed by atoms with van der Waals surface area (Å²) in [6.45, 7) is 3.74. The maximum Gasteiger partial charge on any atom is 0.273 e. The molecule has 4 rings (SSSR count). The summed E-state index contributed by atoms with van der Waals surface area (Å²) in [5.74, 6) is -0.512. The summed E-state index contributed by atoms with van der Waals surface area (Å²) in [4.78, 5) is 13.4. The molecule has 188 valence electrons. The molecule has 37 heavy (non-hydrogen) atoms. The van der Waals surface area contributed by atoms with Crippen LogP contribution in [-0.4, -0.2) is 20.0 Å². The van der Waals surface area contributed by atoms with Gasteiger partial charge in [0.05, 0.1) is 28.4 Å². The average Bonchev–Trinajstić information content (AvgIpc) is 2.91. The summed E-state index contributed by atoms with van der Waals surface area (Å²) in [6.07, 6.45) is 0. The van der Waals surface area contributed by atoms with E-state index in [1.165, 1.54) is 4.31 Å². The number of para-hydroxylation sites is 1. The highest BCUT2D eigenvalue weighted by atomic mass is 79.9. The Hall–Kier alpha value is -3.75. The molecular weight excluding hydrogens is 550 g/mol. The second kappa shape index (κ2) is 11.5. The van der Waals surface area contributed by atoms with E-state index in [4.69, 9.17) is 0 Å². The Morgan fingerprint density at radius 1 is 0.892 bits per heavy atom. The van der Waals surface area contributed by atoms with Crippen LogP contribution in [0.2, 0.25) is 0 Å². The van der Waals surface area contributed by atoms with Gasteiger partial charge in [0.15, 0.2) is 0 Å². The van der Waals surface area contributed by atoms with Crippen LogP contribution < -0.4 is 9.73 Å². The molecule has 0 spiro atoms. The standard InChI is InChI=1S/C29H26BrN3O3S/c1-21-15-17-26(18-16-21)37(35,36)33(20-23-9-4-3-5-10-23)28-14-7-6-13-27(28)29(34)32-31-22(2)24-11-8-12-25(30)19-24/h3-19H,20H2,1-2H3,(H,32,34)/b31-22+. The van der Waals surface area contributed by atoms with Crippen molar-refractivity contribution in [1.82, 2.24) is 5.43 Å². The molecule has 6 nitrogen and oxygen atoms in total. The number of halogens is 1. The molecule has 0 atom stereocenters. The number of carbonyl (C=O) groups excluding carboxylic acids is 1. The quantitative estimate of drug-likeness (QED) is 0.197. The number of nitrogens with one attached hydrogen (secondary N) is 1. The molecule has 0 unspecified atom stereocenters. The van der Waals surface area contributed by atoms with E-state index in [0.29, 0.717) is 5.71 Å². The Balaban J connectivity index is 1.73. The van der Waals surface area contributed by atoms with Gasteiger partial charge in [0.2, 0.25) is 0 Å². The predicted molar refractivity (Wildman–Crippen MR) is 151 cm³/mol. The Bertz CT molecular complexity index is 1540. The maximum atomic E-state index is 13.9. The molecule has 0 saturated heterocycles. The number of amides is 1. The number of hydrogen-bond acceptors (Lipinski definition) is 4. The Labute approximate surface area is 225 Å². The normalized spacial score (nSPS) is 11.7. The van der Waals surface area contributed by atoms with Gasteiger partial charge in [-0.2, -0.15) is 5.10 Å². The zero-order chi connectivity index (χ0) is 26.4. The number of hydrogen-bond donors (Lipinski definition) is 1. The van der Waals surface area contributed by atoms with Gasteiger partial charge in [-0.1, -0.05) is 88.2 Å². The Kier molecular flexibility index (Phi) is 8.21. The highest BCUT2D eigenvalue weighted by Gasteiger charge is 2.28. The zero-order valence-corrected chi connectivity index (χ0v) is 22.8. The monoisotopic (exact) mass is 575 g/mol. The Morgan fingerprint density at radius 3 is 2.27 bits per heavy atom. The summed E-state index contributed by atoms with van der Waals surface area (Å²) in [7, 11) is -3.99. The van der Waals surface area contributed by atoms with Crippen molar-refractivity contribution in [3.63, 3.8) is 0 Å². The molecule has 0 aromatic heterocycles. The molecule has 0 bridgehead atoms. The van der Waals surface area contributed by atoms with Crippen LogP contribution in [0.3, 0.4) is 0 Å². The van der Waals surface area contributed by atoms with Crippen molar-refractivity contribution in [1.29, 1.82) is 0 Å². The van der Waals surface area contributed by atoms with Gasteiger partial charge in [-0.15, -0.1) is 0 Å². The first kappa shape index (κ1) is 26.3. The number of aryl methyl sites for hydroxylation is 1. The van der Waals surface area contributed by atoms with Crippen molar-refractivity contribution in [2.45, 2.75) is 25.3 Å². The van der Waals surface area contributed by atoms with Crippen molar-refractivity contribution in [2.75, 3.05) is 4.31 Å². The molecule has 0 fully saturated rings. The molecule has 0 saturated carbocycles. The van der Waals surface area contributed by atoms with E-state index in [2.05, 4.69) is 26.5 Å². The van der Waals surface area contributed by atoms with Crippen LogP contribution in [0, 0.1) is 6.92 Å². The van der Waals surface area contributed by atoms with Crippen molar-refractivity contribution in [3.05, 3.63) is 130 Å². The summed E-state index contributed by atoms with van der Waals surface area (Å²) in [6, 6.07) is 30.2. The van der Waals surface area contributed by atoms with Crippen LogP contribution in [-0.2, 0) is 16.6 Å². The fourth-order valence-electron chi connectivity index (χ4n) is 3.74. The van der Waals surface area contributed by atoms with E-state index >= 15 is 0 Å². The lowest BCUT2D eigenvalue weighted by Crippen LogP contribution is -2.33. The lowest BCUT2D eigenvalue weighted by atomic mass is 10.1. The maximum absolute atomic E-state index is 13.9. The number of rotatable bonds is 8. The first-order valence-electron chi connectivity index (χ1n) is 11.6. The lowest BCUT2D eigenvalue weighted by Gasteiger charge is -2.26. The topological polar surface area (TPSA) is 78.8 Å². The highest BCUT2D eigenvalue weighted by molar-refractivity contribution is 9.10. The van der Waals surface area contributed by atoms with Crippen LogP contribution in [0.15, 0.2) is 118 Å². The number of anilines is 1. The molecular formula is C29H26BrN3O3S. The van der Waals surface area contributed by atoms with Crippen LogP contribution in [0.25, 0.3) is 0 Å². The smallest absolute Gasteiger partial charge is 0.267 e. The van der Waals surface area contributed by atoms with E-state index in [1.807, 2.05) is 61.5 Å². The van der Waals surface area contributed by atoms with Gasteiger partial charge in [0.25, 0.3) is 15.9 Å². The Morgan fingerprint density at radius 2 is 1.57 bits per heavy atom. The van der Waals surface area contributed by atoms with Crippen molar-refractivity contribution in [2.24, 2.45) is 5.10 Å². The number of nitrogens with zero attached hydrogens (tertiary/aromatic N) is 2. The van der Waals surface area contributed by atoms with Crippen molar-refractivity contribution >= 4 is 43.3 Å². The molecule has 8 heteroatoms. The first-order valence-corrected chi connectivity index (χ1v) is 13.8. The summed E-state index contributed by atoms with van der Waals surface area (Å²) < 4.78 is 29.9. The molecule has 0 aliphatic heterocycles. The van der Waals surface area contributed by atoms with Crippen LogP contribution in [0.5, 0.6) is 0 Å².